The molecular formula is C16H22N6O2. The Balaban J connectivity index is 1.59. The highest BCUT2D eigenvalue weighted by molar-refractivity contribution is 5.77. The summed E-state index contributed by atoms with van der Waals surface area (Å²) in [5.41, 5.74) is 1.08. The molecule has 0 radical (unpaired) electrons. The molecule has 1 aliphatic rings. The molecule has 2 aromatic rings. The lowest BCUT2D eigenvalue weighted by Crippen LogP contribution is -2.54. The number of hydrogen-bond donors (Lipinski definition) is 0. The number of carbonyl (C=O) groups is 1. The number of anilines is 1. The van der Waals surface area contributed by atoms with Gasteiger partial charge in [-0.1, -0.05) is 12.1 Å². The first-order valence-corrected chi connectivity index (χ1v) is 8.07. The molecule has 1 aliphatic heterocycles. The van der Waals surface area contributed by atoms with E-state index in [9.17, 15) is 4.79 Å². The minimum atomic E-state index is 0.137. The number of amides is 1. The van der Waals surface area contributed by atoms with Crippen LogP contribution in [-0.2, 0) is 11.3 Å². The first-order chi connectivity index (χ1) is 11.7. The van der Waals surface area contributed by atoms with Crippen LogP contribution in [0.15, 0.2) is 30.6 Å². The number of rotatable bonds is 5. The molecule has 1 saturated heterocycles. The zero-order chi connectivity index (χ0) is 16.9. The van der Waals surface area contributed by atoms with E-state index in [-0.39, 0.29) is 11.9 Å². The average Bonchev–Trinajstić information content (AvgIpc) is 3.13. The third-order valence-corrected chi connectivity index (χ3v) is 4.32. The van der Waals surface area contributed by atoms with Crippen molar-refractivity contribution in [3.8, 4) is 5.75 Å². The van der Waals surface area contributed by atoms with E-state index in [1.807, 2.05) is 23.1 Å². The van der Waals surface area contributed by atoms with Gasteiger partial charge in [-0.2, -0.15) is 0 Å². The fourth-order valence-electron chi connectivity index (χ4n) is 3.07. The number of tetrazole rings is 1. The van der Waals surface area contributed by atoms with Crippen molar-refractivity contribution in [2.45, 2.75) is 25.9 Å². The molecule has 1 fully saturated rings. The van der Waals surface area contributed by atoms with Crippen LogP contribution >= 0.6 is 0 Å². The third-order valence-electron chi connectivity index (χ3n) is 4.32. The normalized spacial score (nSPS) is 17.8. The van der Waals surface area contributed by atoms with Crippen molar-refractivity contribution in [1.82, 2.24) is 25.1 Å². The van der Waals surface area contributed by atoms with Gasteiger partial charge in [0.05, 0.1) is 19.3 Å². The Labute approximate surface area is 141 Å². The molecular weight excluding hydrogens is 308 g/mol. The summed E-state index contributed by atoms with van der Waals surface area (Å²) in [7, 11) is 1.68. The Hall–Kier alpha value is -2.64. The molecule has 1 aromatic carbocycles. The van der Waals surface area contributed by atoms with Gasteiger partial charge in [0.2, 0.25) is 5.91 Å². The van der Waals surface area contributed by atoms with Gasteiger partial charge in [0.15, 0.2) is 0 Å². The number of nitrogens with zero attached hydrogens (tertiary/aromatic N) is 6. The van der Waals surface area contributed by atoms with E-state index in [1.54, 1.807) is 11.8 Å². The number of aromatic nitrogens is 4. The molecule has 1 aromatic heterocycles. The second-order valence-corrected chi connectivity index (χ2v) is 5.88. The van der Waals surface area contributed by atoms with Crippen molar-refractivity contribution < 1.29 is 9.53 Å². The van der Waals surface area contributed by atoms with Gasteiger partial charge in [0.1, 0.15) is 12.1 Å². The highest BCUT2D eigenvalue weighted by atomic mass is 16.5. The lowest BCUT2D eigenvalue weighted by atomic mass is 10.1. The standard InChI is InChI=1S/C16H22N6O2/c1-13-11-20(14-5-3-4-6-15(14)24-2)9-10-22(13)16(23)7-8-21-12-17-18-19-21/h3-6,12-13H,7-11H2,1-2H3/t13-/m0/s1. The number of piperazine rings is 1. The van der Waals surface area contributed by atoms with Gasteiger partial charge in [0, 0.05) is 32.1 Å². The fourth-order valence-corrected chi connectivity index (χ4v) is 3.07. The lowest BCUT2D eigenvalue weighted by Gasteiger charge is -2.41. The smallest absolute Gasteiger partial charge is 0.224 e. The largest absolute Gasteiger partial charge is 0.495 e. The molecule has 2 heterocycles. The predicted molar refractivity (Wildman–Crippen MR) is 88.8 cm³/mol. The summed E-state index contributed by atoms with van der Waals surface area (Å²) >= 11 is 0. The lowest BCUT2D eigenvalue weighted by molar-refractivity contribution is -0.133. The topological polar surface area (TPSA) is 76.4 Å². The maximum Gasteiger partial charge on any atom is 0.224 e. The quantitative estimate of drug-likeness (QED) is 0.807. The summed E-state index contributed by atoms with van der Waals surface area (Å²) in [6.07, 6.45) is 1.93. The van der Waals surface area contributed by atoms with E-state index in [1.165, 1.54) is 6.33 Å². The van der Waals surface area contributed by atoms with Gasteiger partial charge in [-0.25, -0.2) is 4.68 Å². The predicted octanol–water partition coefficient (Wildman–Crippen LogP) is 0.809. The van der Waals surface area contributed by atoms with Gasteiger partial charge < -0.3 is 14.5 Å². The maximum atomic E-state index is 12.5. The molecule has 8 nitrogen and oxygen atoms in total. The van der Waals surface area contributed by atoms with Crippen molar-refractivity contribution in [2.75, 3.05) is 31.6 Å². The van der Waals surface area contributed by atoms with Crippen LogP contribution in [0.1, 0.15) is 13.3 Å². The van der Waals surface area contributed by atoms with Crippen LogP contribution < -0.4 is 9.64 Å². The first-order valence-electron chi connectivity index (χ1n) is 8.07. The Morgan fingerprint density at radius 3 is 2.88 bits per heavy atom. The SMILES string of the molecule is COc1ccccc1N1CCN(C(=O)CCn2cnnn2)[C@@H](C)C1. The molecule has 3 rings (SSSR count). The van der Waals surface area contributed by atoms with Crippen LogP contribution in [0.25, 0.3) is 0 Å². The second kappa shape index (κ2) is 7.29. The minimum Gasteiger partial charge on any atom is -0.495 e. The summed E-state index contributed by atoms with van der Waals surface area (Å²) in [6.45, 7) is 4.87. The molecule has 0 unspecified atom stereocenters. The average molecular weight is 330 g/mol. The summed E-state index contributed by atoms with van der Waals surface area (Å²) in [5, 5.41) is 10.9. The summed E-state index contributed by atoms with van der Waals surface area (Å²) < 4.78 is 7.02. The van der Waals surface area contributed by atoms with Crippen LogP contribution in [0, 0.1) is 0 Å². The van der Waals surface area contributed by atoms with Crippen LogP contribution in [0.4, 0.5) is 5.69 Å². The van der Waals surface area contributed by atoms with Crippen molar-refractivity contribution in [3.63, 3.8) is 0 Å². The van der Waals surface area contributed by atoms with E-state index in [0.717, 1.165) is 24.5 Å². The molecule has 24 heavy (non-hydrogen) atoms. The monoisotopic (exact) mass is 330 g/mol. The maximum absolute atomic E-state index is 12.5. The number of aryl methyl sites for hydroxylation is 1. The van der Waals surface area contributed by atoms with E-state index in [4.69, 9.17) is 4.74 Å². The molecule has 1 atom stereocenters. The number of benzene rings is 1. The summed E-state index contributed by atoms with van der Waals surface area (Å²) in [6, 6.07) is 8.13. The first kappa shape index (κ1) is 16.2. The molecule has 8 heteroatoms. The molecule has 0 saturated carbocycles. The highest BCUT2D eigenvalue weighted by Crippen LogP contribution is 2.29. The van der Waals surface area contributed by atoms with Gasteiger partial charge >= 0.3 is 0 Å². The zero-order valence-corrected chi connectivity index (χ0v) is 14.0. The molecule has 0 N–H and O–H groups in total. The van der Waals surface area contributed by atoms with Gasteiger partial charge in [-0.05, 0) is 29.5 Å². The molecule has 0 bridgehead atoms. The van der Waals surface area contributed by atoms with Crippen molar-refractivity contribution in [2.24, 2.45) is 0 Å². The van der Waals surface area contributed by atoms with Crippen LogP contribution in [0.5, 0.6) is 5.75 Å². The fraction of sp³-hybridized carbons (Fsp3) is 0.500. The number of methoxy groups -OCH3 is 1. The van der Waals surface area contributed by atoms with Crippen LogP contribution in [0.3, 0.4) is 0 Å². The number of carbonyl (C=O) groups excluding carboxylic acids is 1. The number of para-hydroxylation sites is 2. The highest BCUT2D eigenvalue weighted by Gasteiger charge is 2.28. The summed E-state index contributed by atoms with van der Waals surface area (Å²) in [4.78, 5) is 16.7. The zero-order valence-electron chi connectivity index (χ0n) is 14.0. The number of hydrogen-bond acceptors (Lipinski definition) is 6. The van der Waals surface area contributed by atoms with E-state index in [0.29, 0.717) is 19.5 Å². The Bertz CT molecular complexity index is 675. The minimum absolute atomic E-state index is 0.137. The molecule has 1 amide bonds. The Kier molecular flexibility index (Phi) is 4.93. The second-order valence-electron chi connectivity index (χ2n) is 5.88. The number of ether oxygens (including phenoxy) is 1. The van der Waals surface area contributed by atoms with Crippen LogP contribution in [-0.4, -0.2) is 63.8 Å². The molecule has 0 spiro atoms. The van der Waals surface area contributed by atoms with Gasteiger partial charge in [0.25, 0.3) is 0 Å². The Morgan fingerprint density at radius 1 is 1.33 bits per heavy atom. The molecule has 0 aliphatic carbocycles. The Morgan fingerprint density at radius 2 is 2.17 bits per heavy atom. The van der Waals surface area contributed by atoms with Gasteiger partial charge in [-0.3, -0.25) is 4.79 Å². The molecule has 128 valence electrons. The van der Waals surface area contributed by atoms with E-state index >= 15 is 0 Å². The summed E-state index contributed by atoms with van der Waals surface area (Å²) in [5.74, 6) is 1.00. The van der Waals surface area contributed by atoms with E-state index in [2.05, 4.69) is 33.4 Å². The van der Waals surface area contributed by atoms with Gasteiger partial charge in [-0.15, -0.1) is 5.10 Å². The van der Waals surface area contributed by atoms with Crippen molar-refractivity contribution in [1.29, 1.82) is 0 Å². The van der Waals surface area contributed by atoms with Crippen molar-refractivity contribution >= 4 is 11.6 Å². The van der Waals surface area contributed by atoms with Crippen LogP contribution in [0.2, 0.25) is 0 Å². The van der Waals surface area contributed by atoms with Crippen molar-refractivity contribution in [3.05, 3.63) is 30.6 Å². The third kappa shape index (κ3) is 3.47. The van der Waals surface area contributed by atoms with E-state index < -0.39 is 0 Å².